The first-order chi connectivity index (χ1) is 14.3. The van der Waals surface area contributed by atoms with Gasteiger partial charge in [-0.2, -0.15) is 4.68 Å². The van der Waals surface area contributed by atoms with Gasteiger partial charge in [0.05, 0.1) is 18.3 Å². The Morgan fingerprint density at radius 1 is 1.13 bits per heavy atom. The quantitative estimate of drug-likeness (QED) is 0.623. The molecule has 1 aromatic heterocycles. The van der Waals surface area contributed by atoms with Crippen LogP contribution in [0.1, 0.15) is 41.6 Å². The summed E-state index contributed by atoms with van der Waals surface area (Å²) in [6.07, 6.45) is 0. The van der Waals surface area contributed by atoms with Crippen LogP contribution in [0.2, 0.25) is 0 Å². The average Bonchev–Trinajstić information content (AvgIpc) is 3.23. The molecule has 2 N–H and O–H groups in total. The number of rotatable bonds is 7. The van der Waals surface area contributed by atoms with Gasteiger partial charge < -0.3 is 10.4 Å². The highest BCUT2D eigenvalue weighted by Gasteiger charge is 2.20. The molecule has 1 heterocycles. The molecule has 0 saturated carbocycles. The zero-order chi connectivity index (χ0) is 21.8. The van der Waals surface area contributed by atoms with Gasteiger partial charge in [0.1, 0.15) is 0 Å². The molecule has 0 bridgehead atoms. The predicted octanol–water partition coefficient (Wildman–Crippen LogP) is 2.37. The minimum atomic E-state index is -0.346. The van der Waals surface area contributed by atoms with Gasteiger partial charge in [-0.1, -0.05) is 29.8 Å². The van der Waals surface area contributed by atoms with E-state index in [0.717, 1.165) is 16.7 Å². The Bertz CT molecular complexity index is 1010. The lowest BCUT2D eigenvalue weighted by atomic mass is 10.0. The minimum absolute atomic E-state index is 0.0188. The molecular weight excluding hydrogens is 380 g/mol. The van der Waals surface area contributed by atoms with Crippen LogP contribution in [-0.2, 0) is 0 Å². The number of hydrogen-bond acceptors (Lipinski definition) is 6. The monoisotopic (exact) mass is 408 g/mol. The van der Waals surface area contributed by atoms with Crippen LogP contribution in [0.15, 0.2) is 42.5 Å². The molecule has 1 amide bonds. The van der Waals surface area contributed by atoms with Crippen LogP contribution in [0.4, 0.5) is 0 Å². The van der Waals surface area contributed by atoms with Crippen molar-refractivity contribution in [3.05, 3.63) is 59.4 Å². The van der Waals surface area contributed by atoms with Crippen LogP contribution >= 0.6 is 0 Å². The number of carbonyl (C=O) groups excluding carboxylic acids is 1. The van der Waals surface area contributed by atoms with Crippen molar-refractivity contribution in [1.29, 1.82) is 0 Å². The molecule has 2 aromatic carbocycles. The van der Waals surface area contributed by atoms with E-state index in [1.165, 1.54) is 0 Å². The fourth-order valence-corrected chi connectivity index (χ4v) is 3.00. The van der Waals surface area contributed by atoms with E-state index in [9.17, 15) is 9.90 Å². The van der Waals surface area contributed by atoms with Gasteiger partial charge in [0.25, 0.3) is 5.91 Å². The van der Waals surface area contributed by atoms with Crippen molar-refractivity contribution in [2.75, 3.05) is 20.7 Å². The second-order valence-electron chi connectivity index (χ2n) is 7.78. The van der Waals surface area contributed by atoms with Gasteiger partial charge in [0.2, 0.25) is 0 Å². The van der Waals surface area contributed by atoms with Gasteiger partial charge in [0.15, 0.2) is 5.82 Å². The van der Waals surface area contributed by atoms with Crippen molar-refractivity contribution in [1.82, 2.24) is 30.4 Å². The number of nitrogens with one attached hydrogen (secondary N) is 1. The van der Waals surface area contributed by atoms with Crippen LogP contribution in [0, 0.1) is 6.92 Å². The average molecular weight is 409 g/mol. The first-order valence-electron chi connectivity index (χ1n) is 9.89. The number of hydrogen-bond donors (Lipinski definition) is 2. The topological polar surface area (TPSA) is 96.2 Å². The van der Waals surface area contributed by atoms with Crippen LogP contribution in [-0.4, -0.2) is 62.9 Å². The number of nitrogens with zero attached hydrogens (tertiary/aromatic N) is 5. The number of aromatic nitrogens is 4. The smallest absolute Gasteiger partial charge is 0.251 e. The summed E-state index contributed by atoms with van der Waals surface area (Å²) in [5.41, 5.74) is 4.20. The molecule has 3 rings (SSSR count). The molecule has 0 aliphatic rings. The summed E-state index contributed by atoms with van der Waals surface area (Å²) < 4.78 is 1.66. The molecule has 0 aliphatic carbocycles. The van der Waals surface area contributed by atoms with Gasteiger partial charge in [-0.15, -0.1) is 5.10 Å². The first-order valence-corrected chi connectivity index (χ1v) is 9.89. The van der Waals surface area contributed by atoms with Crippen LogP contribution in [0.25, 0.3) is 16.8 Å². The van der Waals surface area contributed by atoms with E-state index in [1.807, 2.05) is 69.2 Å². The SMILES string of the molecule is Cc1ccc(-c2cc(C(=O)NC(C)CO)cc(-n3nnnc3[C@H](C)N(C)C)c2)cc1. The Kier molecular flexibility index (Phi) is 6.59. The summed E-state index contributed by atoms with van der Waals surface area (Å²) in [6, 6.07) is 13.3. The second-order valence-corrected chi connectivity index (χ2v) is 7.78. The molecule has 0 radical (unpaired) electrons. The number of carbonyl (C=O) groups is 1. The summed E-state index contributed by atoms with van der Waals surface area (Å²) in [5.74, 6) is 0.415. The fraction of sp³-hybridized carbons (Fsp3) is 0.364. The standard InChI is InChI=1S/C22H28N6O2/c1-14-6-8-17(9-7-14)18-10-19(22(30)23-15(2)13-29)12-20(11-18)28-21(24-25-26-28)16(3)27(4)5/h6-12,15-16,29H,13H2,1-5H3,(H,23,30)/t15?,16-/m0/s1. The van der Waals surface area contributed by atoms with E-state index >= 15 is 0 Å². The molecule has 0 spiro atoms. The van der Waals surface area contributed by atoms with E-state index in [-0.39, 0.29) is 24.6 Å². The third kappa shape index (κ3) is 4.72. The van der Waals surface area contributed by atoms with Crippen molar-refractivity contribution in [2.45, 2.75) is 32.9 Å². The molecule has 30 heavy (non-hydrogen) atoms. The van der Waals surface area contributed by atoms with Gasteiger partial charge in [-0.25, -0.2) is 0 Å². The van der Waals surface area contributed by atoms with Crippen LogP contribution in [0.5, 0.6) is 0 Å². The lowest BCUT2D eigenvalue weighted by Crippen LogP contribution is -2.35. The molecule has 8 heteroatoms. The molecule has 2 atom stereocenters. The van der Waals surface area contributed by atoms with Crippen molar-refractivity contribution < 1.29 is 9.90 Å². The molecule has 3 aromatic rings. The minimum Gasteiger partial charge on any atom is -0.394 e. The van der Waals surface area contributed by atoms with Crippen molar-refractivity contribution in [3.63, 3.8) is 0 Å². The Balaban J connectivity index is 2.12. The van der Waals surface area contributed by atoms with Gasteiger partial charge >= 0.3 is 0 Å². The molecule has 158 valence electrons. The summed E-state index contributed by atoms with van der Waals surface area (Å²) >= 11 is 0. The molecule has 1 unspecified atom stereocenters. The summed E-state index contributed by atoms with van der Waals surface area (Å²) in [7, 11) is 3.92. The first kappa shape index (κ1) is 21.6. The van der Waals surface area contributed by atoms with Crippen molar-refractivity contribution in [2.24, 2.45) is 0 Å². The maximum absolute atomic E-state index is 12.8. The predicted molar refractivity (Wildman–Crippen MR) is 115 cm³/mol. The summed E-state index contributed by atoms with van der Waals surface area (Å²) in [6.45, 7) is 5.67. The number of aliphatic hydroxyl groups is 1. The molecule has 0 aliphatic heterocycles. The Hall–Kier alpha value is -3.10. The number of aryl methyl sites for hydroxylation is 1. The molecule has 0 fully saturated rings. The third-order valence-corrected chi connectivity index (χ3v) is 5.10. The Morgan fingerprint density at radius 2 is 1.83 bits per heavy atom. The number of amides is 1. The highest BCUT2D eigenvalue weighted by molar-refractivity contribution is 5.96. The Morgan fingerprint density at radius 3 is 2.47 bits per heavy atom. The maximum Gasteiger partial charge on any atom is 0.251 e. The Labute approximate surface area is 176 Å². The van der Waals surface area contributed by atoms with Crippen LogP contribution < -0.4 is 5.32 Å². The molecule has 8 nitrogen and oxygen atoms in total. The summed E-state index contributed by atoms with van der Waals surface area (Å²) in [4.78, 5) is 14.8. The lowest BCUT2D eigenvalue weighted by Gasteiger charge is -2.19. The maximum atomic E-state index is 12.8. The van der Waals surface area contributed by atoms with Gasteiger partial charge in [-0.3, -0.25) is 9.69 Å². The second kappa shape index (κ2) is 9.15. The van der Waals surface area contributed by atoms with Crippen molar-refractivity contribution >= 4 is 5.91 Å². The highest BCUT2D eigenvalue weighted by atomic mass is 16.3. The van der Waals surface area contributed by atoms with Crippen molar-refractivity contribution in [3.8, 4) is 16.8 Å². The normalized spacial score (nSPS) is 13.3. The largest absolute Gasteiger partial charge is 0.394 e. The number of benzene rings is 2. The summed E-state index contributed by atoms with van der Waals surface area (Å²) in [5, 5.41) is 24.3. The van der Waals surface area contributed by atoms with Gasteiger partial charge in [0, 0.05) is 11.6 Å². The van der Waals surface area contributed by atoms with Crippen LogP contribution in [0.3, 0.4) is 0 Å². The number of aliphatic hydroxyl groups excluding tert-OH is 1. The molecular formula is C22H28N6O2. The number of tetrazole rings is 1. The van der Waals surface area contributed by atoms with E-state index in [4.69, 9.17) is 0 Å². The third-order valence-electron chi connectivity index (χ3n) is 5.10. The lowest BCUT2D eigenvalue weighted by molar-refractivity contribution is 0.0922. The molecule has 0 saturated heterocycles. The zero-order valence-electron chi connectivity index (χ0n) is 18.0. The zero-order valence-corrected chi connectivity index (χ0v) is 18.0. The van der Waals surface area contributed by atoms with E-state index < -0.39 is 0 Å². The van der Waals surface area contributed by atoms with Gasteiger partial charge in [-0.05, 0) is 74.6 Å². The van der Waals surface area contributed by atoms with E-state index in [1.54, 1.807) is 17.7 Å². The van der Waals surface area contributed by atoms with E-state index in [0.29, 0.717) is 17.1 Å². The highest BCUT2D eigenvalue weighted by Crippen LogP contribution is 2.26. The fourth-order valence-electron chi connectivity index (χ4n) is 3.00. The van der Waals surface area contributed by atoms with E-state index in [2.05, 4.69) is 20.8 Å².